The van der Waals surface area contributed by atoms with Crippen molar-refractivity contribution in [2.24, 2.45) is 5.92 Å². The van der Waals surface area contributed by atoms with Gasteiger partial charge in [0.05, 0.1) is 18.2 Å². The van der Waals surface area contributed by atoms with Crippen LogP contribution in [0.3, 0.4) is 0 Å². The maximum atomic E-state index is 13.0. The minimum Gasteiger partial charge on any atom is -0.372 e. The highest BCUT2D eigenvalue weighted by Gasteiger charge is 2.50. The van der Waals surface area contributed by atoms with Crippen molar-refractivity contribution in [3.63, 3.8) is 0 Å². The van der Waals surface area contributed by atoms with E-state index in [1.807, 2.05) is 0 Å². The van der Waals surface area contributed by atoms with Gasteiger partial charge in [0.1, 0.15) is 29.3 Å². The molecule has 10 nitrogen and oxygen atoms in total. The van der Waals surface area contributed by atoms with E-state index in [1.165, 1.54) is 23.0 Å². The molecule has 3 N–H and O–H groups in total. The Morgan fingerprint density at radius 2 is 2.00 bits per heavy atom. The second-order valence-electron chi connectivity index (χ2n) is 7.05. The zero-order valence-corrected chi connectivity index (χ0v) is 15.2. The largest absolute Gasteiger partial charge is 0.372 e. The molecule has 2 aromatic heterocycles. The van der Waals surface area contributed by atoms with Crippen molar-refractivity contribution in [3.8, 4) is 0 Å². The number of anilines is 3. The summed E-state index contributed by atoms with van der Waals surface area (Å²) in [6.45, 7) is 0.382. The van der Waals surface area contributed by atoms with Gasteiger partial charge in [-0.05, 0) is 18.9 Å². The lowest BCUT2D eigenvalue weighted by Gasteiger charge is -2.39. The minimum absolute atomic E-state index is 0.0393. The molecule has 1 spiro atoms. The molecule has 2 aromatic rings. The first-order chi connectivity index (χ1) is 13.5. The molecule has 2 aliphatic heterocycles. The fraction of sp³-hybridized carbons (Fsp3) is 0.353. The Balaban J connectivity index is 1.47. The first kappa shape index (κ1) is 17.1. The standard InChI is InChI=1S/C17H15ClN6O4/c18-9-3-10(16(27)24-13(9)15(26)23-17(24)5-28-6-17)21-11-4-12(20-7-19-11)22-14(25)8-1-2-8/h3-4,7-8H,1-2,5-6H2,(H,23,26)(H2,19,20,21,22,25). The van der Waals surface area contributed by atoms with Crippen LogP contribution in [0.5, 0.6) is 0 Å². The molecule has 1 saturated carbocycles. The molecular formula is C17H15ClN6O4. The molecular weight excluding hydrogens is 388 g/mol. The molecule has 11 heteroatoms. The lowest BCUT2D eigenvalue weighted by atomic mass is 10.1. The molecule has 5 rings (SSSR count). The van der Waals surface area contributed by atoms with E-state index in [0.29, 0.717) is 11.6 Å². The van der Waals surface area contributed by atoms with Crippen molar-refractivity contribution in [3.05, 3.63) is 39.5 Å². The summed E-state index contributed by atoms with van der Waals surface area (Å²) in [5.41, 5.74) is -1.07. The monoisotopic (exact) mass is 402 g/mol. The third-order valence-electron chi connectivity index (χ3n) is 4.95. The molecule has 0 radical (unpaired) electrons. The number of halogens is 1. The Bertz CT molecular complexity index is 1080. The fourth-order valence-corrected chi connectivity index (χ4v) is 3.60. The van der Waals surface area contributed by atoms with Crippen molar-refractivity contribution in [2.45, 2.75) is 18.5 Å². The number of carbonyl (C=O) groups is 2. The van der Waals surface area contributed by atoms with Crippen LogP contribution in [-0.4, -0.2) is 39.6 Å². The quantitative estimate of drug-likeness (QED) is 0.690. The van der Waals surface area contributed by atoms with Crippen LogP contribution < -0.4 is 21.5 Å². The smallest absolute Gasteiger partial charge is 0.277 e. The second kappa shape index (κ2) is 6.01. The molecule has 2 fully saturated rings. The van der Waals surface area contributed by atoms with Gasteiger partial charge in [-0.25, -0.2) is 9.97 Å². The lowest BCUT2D eigenvalue weighted by Crippen LogP contribution is -2.61. The highest BCUT2D eigenvalue weighted by Crippen LogP contribution is 2.33. The van der Waals surface area contributed by atoms with Crippen molar-refractivity contribution in [1.82, 2.24) is 19.9 Å². The summed E-state index contributed by atoms with van der Waals surface area (Å²) in [6.07, 6.45) is 3.04. The highest BCUT2D eigenvalue weighted by molar-refractivity contribution is 6.34. The average Bonchev–Trinajstić information content (AvgIpc) is 3.42. The normalized spacial score (nSPS) is 19.0. The third kappa shape index (κ3) is 2.64. The highest BCUT2D eigenvalue weighted by atomic mass is 35.5. The number of nitrogens with zero attached hydrogens (tertiary/aromatic N) is 3. The van der Waals surface area contributed by atoms with Gasteiger partial charge in [0, 0.05) is 12.0 Å². The van der Waals surface area contributed by atoms with Crippen LogP contribution in [0, 0.1) is 5.92 Å². The molecule has 1 saturated heterocycles. The molecule has 0 bridgehead atoms. The first-order valence-corrected chi connectivity index (χ1v) is 9.11. The van der Waals surface area contributed by atoms with Gasteiger partial charge in [-0.3, -0.25) is 19.0 Å². The minimum atomic E-state index is -0.903. The number of rotatable bonds is 4. The van der Waals surface area contributed by atoms with Gasteiger partial charge in [-0.1, -0.05) is 11.6 Å². The number of aromatic nitrogens is 3. The number of carbonyl (C=O) groups excluding carboxylic acids is 2. The van der Waals surface area contributed by atoms with Gasteiger partial charge >= 0.3 is 0 Å². The Kier molecular flexibility index (Phi) is 3.68. The molecule has 144 valence electrons. The number of hydrogen-bond donors (Lipinski definition) is 3. The number of nitrogens with one attached hydrogen (secondary N) is 3. The second-order valence-corrected chi connectivity index (χ2v) is 7.46. The van der Waals surface area contributed by atoms with E-state index < -0.39 is 17.1 Å². The van der Waals surface area contributed by atoms with Gasteiger partial charge in [0.25, 0.3) is 11.5 Å². The Morgan fingerprint density at radius 3 is 2.68 bits per heavy atom. The van der Waals surface area contributed by atoms with E-state index in [1.54, 1.807) is 0 Å². The lowest BCUT2D eigenvalue weighted by molar-refractivity contribution is -0.117. The summed E-state index contributed by atoms with van der Waals surface area (Å²) >= 11 is 6.27. The number of hydrogen-bond acceptors (Lipinski definition) is 7. The van der Waals surface area contributed by atoms with Gasteiger partial charge in [-0.2, -0.15) is 0 Å². The number of fused-ring (bicyclic) bond motifs is 2. The summed E-state index contributed by atoms with van der Waals surface area (Å²) in [5.74, 6) is 0.191. The molecule has 3 aliphatic rings. The molecule has 0 atom stereocenters. The topological polar surface area (TPSA) is 127 Å². The number of pyridine rings is 1. The average molecular weight is 403 g/mol. The zero-order valence-electron chi connectivity index (χ0n) is 14.5. The predicted octanol–water partition coefficient (Wildman–Crippen LogP) is 0.810. The van der Waals surface area contributed by atoms with Gasteiger partial charge in [0.15, 0.2) is 5.66 Å². The van der Waals surface area contributed by atoms with Crippen molar-refractivity contribution in [2.75, 3.05) is 23.8 Å². The Hall–Kier alpha value is -2.98. The molecule has 0 unspecified atom stereocenters. The van der Waals surface area contributed by atoms with Crippen molar-refractivity contribution in [1.29, 1.82) is 0 Å². The molecule has 1 aliphatic carbocycles. The number of ether oxygens (including phenoxy) is 1. The van der Waals surface area contributed by atoms with Crippen LogP contribution in [-0.2, 0) is 15.2 Å². The number of amides is 2. The van der Waals surface area contributed by atoms with Crippen LogP contribution in [0.25, 0.3) is 0 Å². The summed E-state index contributed by atoms with van der Waals surface area (Å²) in [7, 11) is 0. The molecule has 28 heavy (non-hydrogen) atoms. The molecule has 2 amide bonds. The van der Waals surface area contributed by atoms with E-state index in [2.05, 4.69) is 25.9 Å². The predicted molar refractivity (Wildman–Crippen MR) is 98.6 cm³/mol. The maximum Gasteiger partial charge on any atom is 0.277 e. The first-order valence-electron chi connectivity index (χ1n) is 8.73. The van der Waals surface area contributed by atoms with Crippen LogP contribution in [0.2, 0.25) is 5.02 Å². The van der Waals surface area contributed by atoms with Gasteiger partial charge < -0.3 is 20.7 Å². The van der Waals surface area contributed by atoms with Gasteiger partial charge in [0.2, 0.25) is 5.91 Å². The summed E-state index contributed by atoms with van der Waals surface area (Å²) in [5, 5.41) is 8.53. The Morgan fingerprint density at radius 1 is 1.25 bits per heavy atom. The summed E-state index contributed by atoms with van der Waals surface area (Å²) in [4.78, 5) is 45.2. The van der Waals surface area contributed by atoms with Crippen molar-refractivity contribution < 1.29 is 14.3 Å². The van der Waals surface area contributed by atoms with E-state index in [4.69, 9.17) is 16.3 Å². The molecule has 0 aromatic carbocycles. The fourth-order valence-electron chi connectivity index (χ4n) is 3.32. The van der Waals surface area contributed by atoms with Crippen LogP contribution >= 0.6 is 11.6 Å². The SMILES string of the molecule is O=C1NC2(COC2)n2c1c(Cl)cc(Nc1cc(NC(=O)C3CC3)ncn1)c2=O. The van der Waals surface area contributed by atoms with E-state index in [-0.39, 0.29) is 41.4 Å². The van der Waals surface area contributed by atoms with Crippen LogP contribution in [0.15, 0.2) is 23.3 Å². The Labute approximate surface area is 163 Å². The van der Waals surface area contributed by atoms with E-state index in [9.17, 15) is 14.4 Å². The van der Waals surface area contributed by atoms with Crippen LogP contribution in [0.1, 0.15) is 23.3 Å². The van der Waals surface area contributed by atoms with Crippen LogP contribution in [0.4, 0.5) is 17.3 Å². The van der Waals surface area contributed by atoms with E-state index >= 15 is 0 Å². The summed E-state index contributed by atoms with van der Waals surface area (Å²) in [6, 6.07) is 2.91. The van der Waals surface area contributed by atoms with Gasteiger partial charge in [-0.15, -0.1) is 0 Å². The zero-order chi connectivity index (χ0) is 19.5. The molecule has 4 heterocycles. The third-order valence-corrected chi connectivity index (χ3v) is 5.24. The summed E-state index contributed by atoms with van der Waals surface area (Å²) < 4.78 is 6.53. The maximum absolute atomic E-state index is 13.0. The van der Waals surface area contributed by atoms with Crippen molar-refractivity contribution >= 4 is 40.7 Å². The van der Waals surface area contributed by atoms with E-state index in [0.717, 1.165) is 12.8 Å².